The van der Waals surface area contributed by atoms with E-state index >= 15 is 0 Å². The van der Waals surface area contributed by atoms with Gasteiger partial charge in [0.1, 0.15) is 6.61 Å². The molecule has 0 unspecified atom stereocenters. The number of para-hydroxylation sites is 2. The topological polar surface area (TPSA) is 48.3 Å². The van der Waals surface area contributed by atoms with Gasteiger partial charge in [0.25, 0.3) is 0 Å². The normalized spacial score (nSPS) is 10.5. The standard InChI is InChI=1S/C15H21N3O2/c1-16-8-7-13-11-18(12-17-13)9-10-20-15-6-4-3-5-14(15)19-2/h3-6,11-12,16H,7-10H2,1-2H3. The number of methoxy groups -OCH3 is 1. The fourth-order valence-corrected chi connectivity index (χ4v) is 1.91. The molecule has 0 bridgehead atoms. The van der Waals surface area contributed by atoms with Gasteiger partial charge in [0.15, 0.2) is 11.5 Å². The van der Waals surface area contributed by atoms with Crippen LogP contribution < -0.4 is 14.8 Å². The van der Waals surface area contributed by atoms with E-state index in [1.165, 1.54) is 0 Å². The summed E-state index contributed by atoms with van der Waals surface area (Å²) in [4.78, 5) is 4.36. The van der Waals surface area contributed by atoms with E-state index in [4.69, 9.17) is 9.47 Å². The predicted octanol–water partition coefficient (Wildman–Crippen LogP) is 1.73. The van der Waals surface area contributed by atoms with E-state index in [0.717, 1.165) is 36.7 Å². The maximum absolute atomic E-state index is 5.74. The van der Waals surface area contributed by atoms with E-state index in [2.05, 4.69) is 16.5 Å². The van der Waals surface area contributed by atoms with Crippen LogP contribution in [0.1, 0.15) is 5.69 Å². The molecule has 0 saturated carbocycles. The smallest absolute Gasteiger partial charge is 0.161 e. The van der Waals surface area contributed by atoms with Gasteiger partial charge < -0.3 is 19.4 Å². The summed E-state index contributed by atoms with van der Waals surface area (Å²) >= 11 is 0. The quantitative estimate of drug-likeness (QED) is 0.797. The molecule has 2 aromatic rings. The molecule has 0 aliphatic rings. The summed E-state index contributed by atoms with van der Waals surface area (Å²) in [6.45, 7) is 2.29. The third-order valence-corrected chi connectivity index (χ3v) is 2.99. The van der Waals surface area contributed by atoms with Crippen molar-refractivity contribution in [1.29, 1.82) is 0 Å². The van der Waals surface area contributed by atoms with Crippen LogP contribution in [0.5, 0.6) is 11.5 Å². The minimum atomic E-state index is 0.586. The Balaban J connectivity index is 1.82. The van der Waals surface area contributed by atoms with Gasteiger partial charge in [0.2, 0.25) is 0 Å². The van der Waals surface area contributed by atoms with E-state index < -0.39 is 0 Å². The number of imidazole rings is 1. The lowest BCUT2D eigenvalue weighted by Gasteiger charge is -2.10. The Labute approximate surface area is 119 Å². The Morgan fingerprint density at radius 1 is 1.25 bits per heavy atom. The molecule has 0 saturated heterocycles. The van der Waals surface area contributed by atoms with Crippen molar-refractivity contribution in [1.82, 2.24) is 14.9 Å². The van der Waals surface area contributed by atoms with Crippen molar-refractivity contribution >= 4 is 0 Å². The van der Waals surface area contributed by atoms with Gasteiger partial charge in [-0.2, -0.15) is 0 Å². The van der Waals surface area contributed by atoms with Crippen LogP contribution in [0.25, 0.3) is 0 Å². The highest BCUT2D eigenvalue weighted by Crippen LogP contribution is 2.25. The molecule has 0 amide bonds. The van der Waals surface area contributed by atoms with Crippen molar-refractivity contribution in [3.8, 4) is 11.5 Å². The molecule has 2 rings (SSSR count). The van der Waals surface area contributed by atoms with Crippen LogP contribution in [-0.4, -0.2) is 36.9 Å². The van der Waals surface area contributed by atoms with Crippen molar-refractivity contribution in [3.05, 3.63) is 42.5 Å². The fourth-order valence-electron chi connectivity index (χ4n) is 1.91. The van der Waals surface area contributed by atoms with Gasteiger partial charge in [-0.3, -0.25) is 0 Å². The first-order valence-corrected chi connectivity index (χ1v) is 6.74. The lowest BCUT2D eigenvalue weighted by atomic mass is 10.3. The molecule has 1 aromatic carbocycles. The highest BCUT2D eigenvalue weighted by atomic mass is 16.5. The van der Waals surface area contributed by atoms with Crippen LogP contribution in [-0.2, 0) is 13.0 Å². The van der Waals surface area contributed by atoms with Crippen LogP contribution in [0.3, 0.4) is 0 Å². The third kappa shape index (κ3) is 3.99. The Morgan fingerprint density at radius 2 is 2.05 bits per heavy atom. The monoisotopic (exact) mass is 275 g/mol. The number of nitrogens with zero attached hydrogens (tertiary/aromatic N) is 2. The van der Waals surface area contributed by atoms with E-state index in [0.29, 0.717) is 6.61 Å². The highest BCUT2D eigenvalue weighted by Gasteiger charge is 2.03. The Hall–Kier alpha value is -2.01. The summed E-state index contributed by atoms with van der Waals surface area (Å²) in [6.07, 6.45) is 4.84. The molecular weight excluding hydrogens is 254 g/mol. The molecular formula is C15H21N3O2. The second-order valence-corrected chi connectivity index (χ2v) is 4.46. The van der Waals surface area contributed by atoms with E-state index in [-0.39, 0.29) is 0 Å². The van der Waals surface area contributed by atoms with Gasteiger partial charge in [-0.15, -0.1) is 0 Å². The molecule has 0 atom stereocenters. The van der Waals surface area contributed by atoms with E-state index in [1.54, 1.807) is 7.11 Å². The van der Waals surface area contributed by atoms with Crippen molar-refractivity contribution < 1.29 is 9.47 Å². The van der Waals surface area contributed by atoms with Gasteiger partial charge >= 0.3 is 0 Å². The van der Waals surface area contributed by atoms with Gasteiger partial charge in [-0.05, 0) is 19.2 Å². The van der Waals surface area contributed by atoms with E-state index in [1.807, 2.05) is 42.2 Å². The number of hydrogen-bond donors (Lipinski definition) is 1. The molecule has 1 aromatic heterocycles. The molecule has 1 N–H and O–H groups in total. The zero-order chi connectivity index (χ0) is 14.2. The van der Waals surface area contributed by atoms with Crippen LogP contribution in [0.2, 0.25) is 0 Å². The van der Waals surface area contributed by atoms with Crippen molar-refractivity contribution in [2.75, 3.05) is 27.3 Å². The number of rotatable bonds is 8. The second kappa shape index (κ2) is 7.55. The number of likely N-dealkylation sites (N-methyl/N-ethyl adjacent to an activating group) is 1. The summed E-state index contributed by atoms with van der Waals surface area (Å²) in [5, 5.41) is 3.11. The van der Waals surface area contributed by atoms with Gasteiger partial charge in [0.05, 0.1) is 25.7 Å². The number of nitrogens with one attached hydrogen (secondary N) is 1. The van der Waals surface area contributed by atoms with Crippen LogP contribution in [0, 0.1) is 0 Å². The van der Waals surface area contributed by atoms with Crippen LogP contribution in [0.4, 0.5) is 0 Å². The van der Waals surface area contributed by atoms with Gasteiger partial charge in [0, 0.05) is 19.2 Å². The lowest BCUT2D eigenvalue weighted by molar-refractivity contribution is 0.279. The molecule has 0 aliphatic heterocycles. The first kappa shape index (κ1) is 14.4. The molecule has 108 valence electrons. The Morgan fingerprint density at radius 3 is 2.80 bits per heavy atom. The first-order chi connectivity index (χ1) is 9.83. The average molecular weight is 275 g/mol. The number of hydrogen-bond acceptors (Lipinski definition) is 4. The summed E-state index contributed by atoms with van der Waals surface area (Å²) in [6, 6.07) is 7.66. The van der Waals surface area contributed by atoms with Crippen LogP contribution in [0.15, 0.2) is 36.8 Å². The Bertz CT molecular complexity index is 525. The zero-order valence-corrected chi connectivity index (χ0v) is 12.0. The number of benzene rings is 1. The minimum Gasteiger partial charge on any atom is -0.493 e. The first-order valence-electron chi connectivity index (χ1n) is 6.74. The highest BCUT2D eigenvalue weighted by molar-refractivity contribution is 5.39. The van der Waals surface area contributed by atoms with Gasteiger partial charge in [-0.25, -0.2) is 4.98 Å². The molecule has 1 heterocycles. The maximum atomic E-state index is 5.74. The van der Waals surface area contributed by atoms with Crippen molar-refractivity contribution in [2.24, 2.45) is 0 Å². The number of ether oxygens (including phenoxy) is 2. The SMILES string of the molecule is CNCCc1cn(CCOc2ccccc2OC)cn1. The molecule has 0 fully saturated rings. The lowest BCUT2D eigenvalue weighted by Crippen LogP contribution is -2.10. The van der Waals surface area contributed by atoms with Crippen molar-refractivity contribution in [2.45, 2.75) is 13.0 Å². The maximum Gasteiger partial charge on any atom is 0.161 e. The van der Waals surface area contributed by atoms with Gasteiger partial charge in [-0.1, -0.05) is 12.1 Å². The summed E-state index contributed by atoms with van der Waals surface area (Å²) in [7, 11) is 3.59. The largest absolute Gasteiger partial charge is 0.493 e. The predicted molar refractivity (Wildman–Crippen MR) is 78.3 cm³/mol. The molecule has 5 heteroatoms. The second-order valence-electron chi connectivity index (χ2n) is 4.46. The van der Waals surface area contributed by atoms with Crippen LogP contribution >= 0.6 is 0 Å². The summed E-state index contributed by atoms with van der Waals surface area (Å²) < 4.78 is 13.0. The zero-order valence-electron chi connectivity index (χ0n) is 12.0. The molecule has 20 heavy (non-hydrogen) atoms. The molecule has 5 nitrogen and oxygen atoms in total. The molecule has 0 spiro atoms. The third-order valence-electron chi connectivity index (χ3n) is 2.99. The summed E-state index contributed by atoms with van der Waals surface area (Å²) in [5.41, 5.74) is 1.09. The Kier molecular flexibility index (Phi) is 5.43. The molecule has 0 aliphatic carbocycles. The summed E-state index contributed by atoms with van der Waals surface area (Å²) in [5.74, 6) is 1.53. The molecule has 0 radical (unpaired) electrons. The number of aromatic nitrogens is 2. The van der Waals surface area contributed by atoms with Crippen molar-refractivity contribution in [3.63, 3.8) is 0 Å². The fraction of sp³-hybridized carbons (Fsp3) is 0.400. The average Bonchev–Trinajstić information content (AvgIpc) is 2.93. The minimum absolute atomic E-state index is 0.586. The van der Waals surface area contributed by atoms with E-state index in [9.17, 15) is 0 Å².